The Morgan fingerprint density at radius 1 is 1.24 bits per heavy atom. The number of benzene rings is 1. The number of hydrogen-bond donors (Lipinski definition) is 2. The fourth-order valence-electron chi connectivity index (χ4n) is 4.56. The van der Waals surface area contributed by atoms with Crippen molar-refractivity contribution in [1.29, 1.82) is 0 Å². The highest BCUT2D eigenvalue weighted by molar-refractivity contribution is 5.70. The zero-order valence-electron chi connectivity index (χ0n) is 19.6. The first-order chi connectivity index (χ1) is 16.2. The Balaban J connectivity index is 1.46. The lowest BCUT2D eigenvalue weighted by molar-refractivity contribution is -0.153. The van der Waals surface area contributed by atoms with Gasteiger partial charge >= 0.3 is 5.97 Å². The van der Waals surface area contributed by atoms with Crippen molar-refractivity contribution in [2.45, 2.75) is 57.5 Å². The van der Waals surface area contributed by atoms with Crippen LogP contribution >= 0.6 is 0 Å². The summed E-state index contributed by atoms with van der Waals surface area (Å²) in [5, 5.41) is 20.7. The zero-order chi connectivity index (χ0) is 24.7. The van der Waals surface area contributed by atoms with Crippen molar-refractivity contribution in [2.75, 3.05) is 26.4 Å². The highest BCUT2D eigenvalue weighted by atomic mass is 19.1. The van der Waals surface area contributed by atoms with E-state index in [1.54, 1.807) is 19.9 Å². The van der Waals surface area contributed by atoms with E-state index in [-0.39, 0.29) is 54.9 Å². The number of carbonyl (C=O) groups excluding carboxylic acids is 1. The molecule has 3 rings (SSSR count). The molecule has 2 aliphatic rings. The van der Waals surface area contributed by atoms with Gasteiger partial charge in [-0.2, -0.15) is 0 Å². The smallest absolute Gasteiger partial charge is 0.332 e. The third kappa shape index (κ3) is 8.01. The Morgan fingerprint density at radius 2 is 1.97 bits per heavy atom. The van der Waals surface area contributed by atoms with Crippen molar-refractivity contribution in [3.8, 4) is 5.75 Å². The van der Waals surface area contributed by atoms with E-state index in [1.807, 2.05) is 0 Å². The molecule has 0 bridgehead atoms. The molecule has 1 aromatic rings. The lowest BCUT2D eigenvalue weighted by Crippen LogP contribution is -2.22. The standard InChI is InChI=1S/C25H34F2O7/c1-15(2)34-25(30)14-31-11-16-3-5-22-21(23(29)10-24(22)33-12-16)6-4-19(28)13-32-20-8-17(26)7-18(27)9-20/h4,6-9,15-16,19,21-24,28-29H,3,5,10-14H2,1-2H3/b6-4+/t16-,19-,21-,22-,23-,24+/m1/s1. The number of ether oxygens (including phenoxy) is 4. The van der Waals surface area contributed by atoms with Gasteiger partial charge in [-0.25, -0.2) is 13.6 Å². The Morgan fingerprint density at radius 3 is 2.68 bits per heavy atom. The van der Waals surface area contributed by atoms with Crippen LogP contribution in [0.25, 0.3) is 0 Å². The van der Waals surface area contributed by atoms with E-state index in [0.717, 1.165) is 31.0 Å². The van der Waals surface area contributed by atoms with Crippen LogP contribution in [0.15, 0.2) is 30.4 Å². The first kappa shape index (κ1) is 26.5. The lowest BCUT2D eigenvalue weighted by Gasteiger charge is -2.21. The molecule has 1 heterocycles. The van der Waals surface area contributed by atoms with Gasteiger partial charge in [0.2, 0.25) is 0 Å². The highest BCUT2D eigenvalue weighted by Crippen LogP contribution is 2.41. The van der Waals surface area contributed by atoms with E-state index in [4.69, 9.17) is 18.9 Å². The first-order valence-electron chi connectivity index (χ1n) is 11.7. The molecular weight excluding hydrogens is 450 g/mol. The maximum absolute atomic E-state index is 13.3. The van der Waals surface area contributed by atoms with Crippen molar-refractivity contribution < 1.29 is 42.7 Å². The van der Waals surface area contributed by atoms with E-state index in [2.05, 4.69) is 0 Å². The summed E-state index contributed by atoms with van der Waals surface area (Å²) < 4.78 is 48.4. The molecular formula is C25H34F2O7. The minimum atomic E-state index is -1.00. The molecule has 1 aromatic carbocycles. The molecule has 6 atom stereocenters. The van der Waals surface area contributed by atoms with Gasteiger partial charge in [0, 0.05) is 36.5 Å². The maximum Gasteiger partial charge on any atom is 0.332 e. The molecule has 1 saturated heterocycles. The normalized spacial score (nSPS) is 28.0. The minimum Gasteiger partial charge on any atom is -0.490 e. The van der Waals surface area contributed by atoms with E-state index in [1.165, 1.54) is 6.08 Å². The molecule has 7 nitrogen and oxygen atoms in total. The van der Waals surface area contributed by atoms with Crippen LogP contribution < -0.4 is 4.74 Å². The van der Waals surface area contributed by atoms with Gasteiger partial charge in [0.15, 0.2) is 0 Å². The van der Waals surface area contributed by atoms with Crippen LogP contribution in [0.3, 0.4) is 0 Å². The Bertz CT molecular complexity index is 811. The van der Waals surface area contributed by atoms with Crippen LogP contribution in [0.1, 0.15) is 33.1 Å². The van der Waals surface area contributed by atoms with E-state index < -0.39 is 23.8 Å². The predicted octanol–water partition coefficient (Wildman–Crippen LogP) is 3.02. The summed E-state index contributed by atoms with van der Waals surface area (Å²) in [5.74, 6) is -1.86. The van der Waals surface area contributed by atoms with Crippen LogP contribution in [0.2, 0.25) is 0 Å². The number of rotatable bonds is 10. The molecule has 0 amide bonds. The second-order valence-electron chi connectivity index (χ2n) is 9.28. The molecule has 1 aliphatic carbocycles. The van der Waals surface area contributed by atoms with Crippen molar-refractivity contribution in [2.24, 2.45) is 17.8 Å². The van der Waals surface area contributed by atoms with Gasteiger partial charge in [-0.1, -0.05) is 12.2 Å². The third-order valence-corrected chi connectivity index (χ3v) is 6.10. The Hall–Kier alpha value is -2.07. The number of hydrogen-bond acceptors (Lipinski definition) is 7. The van der Waals surface area contributed by atoms with Gasteiger partial charge in [0.05, 0.1) is 31.5 Å². The van der Waals surface area contributed by atoms with Crippen LogP contribution in [0.4, 0.5) is 8.78 Å². The molecule has 1 aliphatic heterocycles. The fraction of sp³-hybridized carbons (Fsp3) is 0.640. The van der Waals surface area contributed by atoms with Gasteiger partial charge in [0.25, 0.3) is 0 Å². The second-order valence-corrected chi connectivity index (χ2v) is 9.28. The SMILES string of the molecule is CC(C)OC(=O)COC[C@H]1CC[C@@H]2[C@@H](/C=C/[C@@H](O)COc3cc(F)cc(F)c3)[C@H](O)C[C@@H]2OC1. The minimum absolute atomic E-state index is 0.00573. The fourth-order valence-corrected chi connectivity index (χ4v) is 4.56. The van der Waals surface area contributed by atoms with Crippen LogP contribution in [0.5, 0.6) is 5.75 Å². The van der Waals surface area contributed by atoms with Crippen molar-refractivity contribution >= 4 is 5.97 Å². The molecule has 2 fully saturated rings. The van der Waals surface area contributed by atoms with Crippen molar-refractivity contribution in [3.05, 3.63) is 42.0 Å². The van der Waals surface area contributed by atoms with Crippen LogP contribution in [-0.4, -0.2) is 67.0 Å². The summed E-state index contributed by atoms with van der Waals surface area (Å²) in [5.41, 5.74) is 0. The van der Waals surface area contributed by atoms with E-state index in [9.17, 15) is 23.8 Å². The Labute approximate surface area is 198 Å². The molecule has 0 spiro atoms. The van der Waals surface area contributed by atoms with Crippen LogP contribution in [-0.2, 0) is 19.0 Å². The number of esters is 1. The van der Waals surface area contributed by atoms with Gasteiger partial charge in [0.1, 0.15) is 36.7 Å². The monoisotopic (exact) mass is 484 g/mol. The summed E-state index contributed by atoms with van der Waals surface area (Å²) in [4.78, 5) is 11.6. The average Bonchev–Trinajstić information content (AvgIpc) is 2.91. The van der Waals surface area contributed by atoms with E-state index >= 15 is 0 Å². The number of carbonyl (C=O) groups is 1. The molecule has 0 radical (unpaired) electrons. The number of aliphatic hydroxyl groups excluding tert-OH is 2. The maximum atomic E-state index is 13.3. The number of halogens is 2. The first-order valence-corrected chi connectivity index (χ1v) is 11.7. The average molecular weight is 485 g/mol. The van der Waals surface area contributed by atoms with E-state index in [0.29, 0.717) is 19.6 Å². The summed E-state index contributed by atoms with van der Waals surface area (Å²) in [6, 6.07) is 2.83. The second kappa shape index (κ2) is 12.6. The van der Waals surface area contributed by atoms with Gasteiger partial charge in [-0.15, -0.1) is 0 Å². The van der Waals surface area contributed by atoms with Gasteiger partial charge in [-0.3, -0.25) is 0 Å². The molecule has 9 heteroatoms. The highest BCUT2D eigenvalue weighted by Gasteiger charge is 2.43. The largest absolute Gasteiger partial charge is 0.490 e. The number of aliphatic hydroxyl groups is 2. The summed E-state index contributed by atoms with van der Waals surface area (Å²) in [6.07, 6.45) is 3.60. The summed E-state index contributed by atoms with van der Waals surface area (Å²) in [7, 11) is 0. The molecule has 1 saturated carbocycles. The zero-order valence-corrected chi connectivity index (χ0v) is 19.6. The molecule has 0 unspecified atom stereocenters. The summed E-state index contributed by atoms with van der Waals surface area (Å²) >= 11 is 0. The van der Waals surface area contributed by atoms with Gasteiger partial charge < -0.3 is 29.2 Å². The molecule has 190 valence electrons. The molecule has 0 aromatic heterocycles. The molecule has 2 N–H and O–H groups in total. The Kier molecular flexibility index (Phi) is 9.82. The van der Waals surface area contributed by atoms with Crippen molar-refractivity contribution in [3.63, 3.8) is 0 Å². The topological polar surface area (TPSA) is 94.5 Å². The third-order valence-electron chi connectivity index (χ3n) is 6.10. The summed E-state index contributed by atoms with van der Waals surface area (Å²) in [6.45, 7) is 4.19. The predicted molar refractivity (Wildman–Crippen MR) is 119 cm³/mol. The lowest BCUT2D eigenvalue weighted by atomic mass is 9.87. The van der Waals surface area contributed by atoms with Crippen LogP contribution in [0, 0.1) is 29.4 Å². The molecule has 34 heavy (non-hydrogen) atoms. The van der Waals surface area contributed by atoms with Gasteiger partial charge in [-0.05, 0) is 32.6 Å². The van der Waals surface area contributed by atoms with Crippen molar-refractivity contribution in [1.82, 2.24) is 0 Å². The number of fused-ring (bicyclic) bond motifs is 1. The quantitative estimate of drug-likeness (QED) is 0.389.